The van der Waals surface area contributed by atoms with Crippen molar-refractivity contribution in [1.29, 1.82) is 5.26 Å². The number of primary amides is 2. The molecule has 40 heteroatoms. The topological polar surface area (TPSA) is 483 Å². The van der Waals surface area contributed by atoms with Gasteiger partial charge in [0.2, 0.25) is 59.1 Å². The fraction of sp³-hybridized carbons (Fsp3) is 0.702. The summed E-state index contributed by atoms with van der Waals surface area (Å²) in [5.41, 5.74) is 15.4. The summed E-state index contributed by atoms with van der Waals surface area (Å²) in [6, 6.07) is -1.30. The Morgan fingerprint density at radius 3 is 1.18 bits per heavy atom. The summed E-state index contributed by atoms with van der Waals surface area (Å²) in [4.78, 5) is 133. The Morgan fingerprint density at radius 1 is 0.552 bits per heavy atom. The number of aliphatic carboxylic acids is 1. The SMILES string of the molecule is C.C.C#CC#CC#CC#CC#CC#CC#CC#CC.CC(C)(C)C[C@H](CC(=O)CC1CC(F)(F)C1)C(=O)N[C@H](C#N)C[C@@H]1CCNC1=O.CC(C)(C)C[C@H](CC(=O)OC(C)(C)C)C(=O)N[C@@H](C[C@@H]1CCNC1=O)C(N)=O.CC(C)(C)C[C@H](N)C(=O)N[C@@H](C[C@@H]1CCNC1=O)C(N)=O.CCCP1(=O)OP(=O)(CCC)OP(=O)(CCC)O1.CN1CCOCC1.Cl.Cl.O=C(O)CC1CC(F)(F)C1. The number of hydrogen-bond donors (Lipinski definition) is 10. The minimum atomic E-state index is -3.57. The molecule has 7 aliphatic rings. The highest BCUT2D eigenvalue weighted by Gasteiger charge is 2.52. The molecule has 31 nitrogen and oxygen atoms in total. The summed E-state index contributed by atoms with van der Waals surface area (Å²) in [5.74, 6) is 24.2. The molecule has 0 aromatic heterocycles. The molecule has 0 spiro atoms. The number of terminal acetylenes is 1. The first-order chi connectivity index (χ1) is 60.3. The molecule has 0 aromatic carbocycles. The standard InChI is InChI=1S/C21H31F2N3O3.C20H35N3O5.C17H4.C14H26N4O3.C9H21O6P3.C6H8F2O2.C5H11NO.2CH4.2ClH/c1-20(2,3)11-15(8-17(27)6-13-9-21(22,23)10-13)19(29)26-16(12-24)7-14-4-5-25-18(14)28;1-19(2,3)11-13(10-15(24)28-20(4,5)6)18(27)23-14(16(21)25)9-12-7-8-22-17(12)26;1-3-5-7-9-11-13-15-17-16-14-12-10-8-6-4-2;1-14(2,3)7-9(15)13(21)18-10(11(16)19)6-8-4-5-17-12(8)20;1-4-7-16(10)13-17(11,8-5-2)15-18(12,14-16)9-6-3;7-6(8)2-4(3-6)1-5(9)10;1-6-2-4-7-5-3-6;;;;/h13-16H,4-11H2,1-3H3,(H,25,28)(H,26,29);12-14H,7-11H2,1-6H3,(H2,21,25)(H,22,26)(H,23,27);1H,2H3;8-10H,4-7,15H2,1-3H3,(H2,16,19)(H,17,20)(H,18,21);4-9H2,1-3H3;4H,1-3H2,(H,9,10);2-5H2,1H3;2*1H4;2*1H/t14-,15-,16-;12-,13-,14-;;8-,9-,10-;;;;;;;/m00.0......./s1. The summed E-state index contributed by atoms with van der Waals surface area (Å²) in [6.45, 7) is 35.8. The number of nitriles is 1. The van der Waals surface area contributed by atoms with Gasteiger partial charge in [-0.25, -0.2) is 30.5 Å². The van der Waals surface area contributed by atoms with Crippen molar-refractivity contribution in [2.45, 2.75) is 296 Å². The van der Waals surface area contributed by atoms with Gasteiger partial charge in [-0.3, -0.25) is 66.4 Å². The number of alkyl halides is 4. The average molecular weight is 1990 g/mol. The van der Waals surface area contributed by atoms with Gasteiger partial charge in [-0.1, -0.05) is 104 Å². The lowest BCUT2D eigenvalue weighted by Crippen LogP contribution is -2.52. The van der Waals surface area contributed by atoms with Gasteiger partial charge in [-0.2, -0.15) is 5.26 Å². The fourth-order valence-corrected chi connectivity index (χ4v) is 23.2. The van der Waals surface area contributed by atoms with Crippen molar-refractivity contribution in [3.05, 3.63) is 0 Å². The molecule has 0 aromatic rings. The number of nitrogens with two attached hydrogens (primary N) is 3. The van der Waals surface area contributed by atoms with E-state index in [1.54, 1.807) is 48.5 Å². The number of amides is 8. The molecule has 8 amide bonds. The molecule has 5 saturated heterocycles. The van der Waals surface area contributed by atoms with Gasteiger partial charge in [0.05, 0.1) is 50.2 Å². The number of esters is 1. The van der Waals surface area contributed by atoms with Gasteiger partial charge < -0.3 is 68.6 Å². The van der Waals surface area contributed by atoms with Crippen molar-refractivity contribution in [3.63, 3.8) is 0 Å². The number of nitrogens with zero attached hydrogens (tertiary/aromatic N) is 2. The summed E-state index contributed by atoms with van der Waals surface area (Å²) >= 11 is 0. The van der Waals surface area contributed by atoms with Crippen LogP contribution in [-0.4, -0.2) is 188 Å². The quantitative estimate of drug-likeness (QED) is 0.0133. The van der Waals surface area contributed by atoms with E-state index in [1.807, 2.05) is 68.4 Å². The average Bonchev–Trinajstić information content (AvgIpc) is 0.771. The van der Waals surface area contributed by atoms with E-state index in [0.717, 1.165) is 26.3 Å². The van der Waals surface area contributed by atoms with E-state index in [1.165, 1.54) is 0 Å². The number of carbonyl (C=O) groups excluding carboxylic acids is 10. The van der Waals surface area contributed by atoms with Crippen molar-refractivity contribution in [3.8, 4) is 101 Å². The molecule has 0 unspecified atom stereocenters. The van der Waals surface area contributed by atoms with Crippen LogP contribution in [0.4, 0.5) is 17.6 Å². The first-order valence-electron chi connectivity index (χ1n) is 43.5. The number of carboxylic acid groups (broad SMARTS) is 1. The second-order valence-corrected chi connectivity index (χ2v) is 44.2. The van der Waals surface area contributed by atoms with Crippen molar-refractivity contribution >= 4 is 113 Å². The van der Waals surface area contributed by atoms with Crippen LogP contribution in [0.1, 0.15) is 254 Å². The molecule has 5 heterocycles. The molecule has 7 rings (SSSR count). The van der Waals surface area contributed by atoms with E-state index in [0.29, 0.717) is 77.4 Å². The lowest BCUT2D eigenvalue weighted by Gasteiger charge is -2.34. The minimum Gasteiger partial charge on any atom is -0.481 e. The molecule has 0 bridgehead atoms. The Kier molecular flexibility index (Phi) is 63.0. The second-order valence-electron chi connectivity index (χ2n) is 37.2. The minimum absolute atomic E-state index is 0. The van der Waals surface area contributed by atoms with Gasteiger partial charge in [-0.15, -0.1) is 31.2 Å². The largest absolute Gasteiger partial charge is 0.481 e. The van der Waals surface area contributed by atoms with Crippen molar-refractivity contribution in [1.82, 2.24) is 36.8 Å². The first-order valence-corrected chi connectivity index (χ1v) is 48.7. The summed E-state index contributed by atoms with van der Waals surface area (Å²) < 4.78 is 113. The highest BCUT2D eigenvalue weighted by Crippen LogP contribution is 2.82. The highest BCUT2D eigenvalue weighted by molar-refractivity contribution is 7.80. The van der Waals surface area contributed by atoms with E-state index in [-0.39, 0.29) is 198 Å². The second kappa shape index (κ2) is 64.2. The predicted octanol–water partition coefficient (Wildman–Crippen LogP) is 12.6. The molecule has 2 saturated carbocycles. The molecule has 2 aliphatic carbocycles. The Morgan fingerprint density at radius 2 is 0.888 bits per heavy atom. The molecule has 7 fully saturated rings. The third-order valence-electron chi connectivity index (χ3n) is 19.5. The molecule has 9 atom stereocenters. The number of hydrogen-bond acceptors (Lipinski definition) is 22. The molecular weight excluding hydrogens is 1840 g/mol. The maximum Gasteiger partial charge on any atom is 0.345 e. The van der Waals surface area contributed by atoms with E-state index in [2.05, 4.69) is 133 Å². The zero-order chi connectivity index (χ0) is 99.1. The maximum absolute atomic E-state index is 13.0. The Labute approximate surface area is 805 Å². The number of carboxylic acids is 1. The third-order valence-corrected chi connectivity index (χ3v) is 28.5. The Hall–Kier alpha value is -8.91. The van der Waals surface area contributed by atoms with E-state index < -0.39 is 118 Å². The maximum atomic E-state index is 13.0. The van der Waals surface area contributed by atoms with Crippen LogP contribution in [-0.2, 0) is 88.8 Å². The first kappa shape index (κ1) is 131. The van der Waals surface area contributed by atoms with Crippen LogP contribution in [0.15, 0.2) is 0 Å². The number of rotatable bonds is 31. The van der Waals surface area contributed by atoms with Crippen LogP contribution in [0, 0.1) is 164 Å². The number of morpholine rings is 1. The number of halogens is 6. The summed E-state index contributed by atoms with van der Waals surface area (Å²) in [5, 5.41) is 33.6. The van der Waals surface area contributed by atoms with Gasteiger partial charge in [0.15, 0.2) is 0 Å². The Bertz CT molecular complexity index is 4490. The van der Waals surface area contributed by atoms with Crippen LogP contribution in [0.5, 0.6) is 0 Å². The van der Waals surface area contributed by atoms with E-state index >= 15 is 0 Å². The monoisotopic (exact) mass is 1990 g/mol. The molecular formula is C94H146Cl2F4N11O20P3. The normalized spacial score (nSPS) is 21.6. The van der Waals surface area contributed by atoms with Crippen molar-refractivity contribution in [2.75, 3.05) is 71.5 Å². The molecule has 0 radical (unpaired) electrons. The number of Topliss-reactive ketones (excluding diaryl/α,β-unsaturated/α-hetero) is 1. The summed E-state index contributed by atoms with van der Waals surface area (Å²) in [6.07, 6.45) is 9.47. The van der Waals surface area contributed by atoms with Gasteiger partial charge in [-0.05, 0) is 223 Å². The zero-order valence-electron chi connectivity index (χ0n) is 79.1. The number of likely N-dealkylation sites (N-methyl/N-ethyl adjacent to an activating group) is 1. The molecule has 5 aliphatic heterocycles. The molecule has 13 N–H and O–H groups in total. The predicted molar refractivity (Wildman–Crippen MR) is 513 cm³/mol. The zero-order valence-corrected chi connectivity index (χ0v) is 83.5. The summed E-state index contributed by atoms with van der Waals surface area (Å²) in [7, 11) is -8.59. The van der Waals surface area contributed by atoms with E-state index in [4.69, 9.17) is 51.1 Å². The van der Waals surface area contributed by atoms with Crippen LogP contribution in [0.3, 0.4) is 0 Å². The molecule has 134 heavy (non-hydrogen) atoms. The number of carbonyl (C=O) groups is 11. The Balaban J connectivity index is -0.000000756. The van der Waals surface area contributed by atoms with Crippen LogP contribution in [0.2, 0.25) is 0 Å². The number of ether oxygens (including phenoxy) is 2. The van der Waals surface area contributed by atoms with Crippen molar-refractivity contribution < 1.29 is 112 Å². The van der Waals surface area contributed by atoms with Crippen LogP contribution in [0.25, 0.3) is 0 Å². The van der Waals surface area contributed by atoms with E-state index in [9.17, 15) is 89.3 Å². The van der Waals surface area contributed by atoms with Crippen LogP contribution >= 0.6 is 47.6 Å². The highest BCUT2D eigenvalue weighted by atomic mass is 35.5. The number of ketones is 1. The lowest BCUT2D eigenvalue weighted by atomic mass is 9.76. The third kappa shape index (κ3) is 59.8. The van der Waals surface area contributed by atoms with Gasteiger partial charge in [0, 0.05) is 107 Å². The van der Waals surface area contributed by atoms with Gasteiger partial charge in [0.1, 0.15) is 29.5 Å². The smallest absolute Gasteiger partial charge is 0.345 e. The lowest BCUT2D eigenvalue weighted by molar-refractivity contribution is -0.158. The van der Waals surface area contributed by atoms with Gasteiger partial charge in [0.25, 0.3) is 0 Å². The molecule has 754 valence electrons. The van der Waals surface area contributed by atoms with Gasteiger partial charge >= 0.3 is 34.7 Å². The fourth-order valence-electron chi connectivity index (χ4n) is 13.9. The number of nitrogens with one attached hydrogen (secondary N) is 6. The van der Waals surface area contributed by atoms with Crippen molar-refractivity contribution in [2.24, 2.45) is 74.9 Å². The van der Waals surface area contributed by atoms with Crippen LogP contribution < -0.4 is 49.1 Å².